The van der Waals surface area contributed by atoms with Crippen LogP contribution in [0.2, 0.25) is 0 Å². The molecule has 0 fully saturated rings. The van der Waals surface area contributed by atoms with Gasteiger partial charge in [0, 0.05) is 0 Å². The summed E-state index contributed by atoms with van der Waals surface area (Å²) < 4.78 is 0. The molecule has 0 saturated heterocycles. The molecule has 0 aliphatic heterocycles. The summed E-state index contributed by atoms with van der Waals surface area (Å²) in [5, 5.41) is 0. The minimum atomic E-state index is -0.0272. The summed E-state index contributed by atoms with van der Waals surface area (Å²) in [6, 6.07) is 6.36. The van der Waals surface area contributed by atoms with Gasteiger partial charge in [0.25, 0.3) is 0 Å². The molecule has 1 unspecified atom stereocenters. The zero-order valence-corrected chi connectivity index (χ0v) is 9.39. The van der Waals surface area contributed by atoms with Crippen LogP contribution >= 0.6 is 11.6 Å². The lowest BCUT2D eigenvalue weighted by Gasteiger charge is -2.19. The third-order valence-electron chi connectivity index (χ3n) is 2.14. The van der Waals surface area contributed by atoms with E-state index in [0.29, 0.717) is 0 Å². The Hall–Kier alpha value is -0.530. The van der Waals surface area contributed by atoms with Crippen molar-refractivity contribution in [2.75, 3.05) is 14.1 Å². The number of hydrogen-bond donors (Lipinski definition) is 0. The van der Waals surface area contributed by atoms with Crippen LogP contribution in [0.5, 0.6) is 0 Å². The summed E-state index contributed by atoms with van der Waals surface area (Å²) in [5.41, 5.74) is 3.70. The molecule has 0 radical (unpaired) electrons. The Bertz CT molecular complexity index is 294. The molecular formula is C11H16ClN. The molecule has 13 heavy (non-hydrogen) atoms. The third-order valence-corrected chi connectivity index (χ3v) is 2.76. The first kappa shape index (κ1) is 10.6. The highest BCUT2D eigenvalue weighted by molar-refractivity contribution is 6.20. The molecule has 1 aromatic carbocycles. The molecule has 1 aromatic rings. The predicted octanol–water partition coefficient (Wildman–Crippen LogP) is 3.10. The average molecular weight is 198 g/mol. The van der Waals surface area contributed by atoms with Crippen LogP contribution in [0.15, 0.2) is 18.2 Å². The minimum Gasteiger partial charge on any atom is -0.290 e. The Morgan fingerprint density at radius 2 is 1.85 bits per heavy atom. The molecule has 72 valence electrons. The number of halogens is 1. The van der Waals surface area contributed by atoms with Gasteiger partial charge in [0.05, 0.1) is 0 Å². The zero-order chi connectivity index (χ0) is 10.0. The van der Waals surface area contributed by atoms with Gasteiger partial charge < -0.3 is 0 Å². The molecule has 0 aromatic heterocycles. The lowest BCUT2D eigenvalue weighted by molar-refractivity contribution is 0.383. The number of nitrogens with zero attached hydrogens (tertiary/aromatic N) is 1. The molecule has 0 amide bonds. The third kappa shape index (κ3) is 2.45. The van der Waals surface area contributed by atoms with E-state index in [2.05, 4.69) is 32.0 Å². The number of aryl methyl sites for hydroxylation is 2. The van der Waals surface area contributed by atoms with Crippen LogP contribution in [0.3, 0.4) is 0 Å². The highest BCUT2D eigenvalue weighted by atomic mass is 35.5. The molecule has 0 aliphatic rings. The Balaban J connectivity index is 3.01. The lowest BCUT2D eigenvalue weighted by atomic mass is 10.1. The molecule has 0 aliphatic carbocycles. The molecule has 0 heterocycles. The largest absolute Gasteiger partial charge is 0.290 e. The van der Waals surface area contributed by atoms with Crippen LogP contribution in [0.25, 0.3) is 0 Å². The van der Waals surface area contributed by atoms with Crippen LogP contribution in [-0.2, 0) is 0 Å². The van der Waals surface area contributed by atoms with E-state index in [-0.39, 0.29) is 5.50 Å². The second kappa shape index (κ2) is 4.12. The quantitative estimate of drug-likeness (QED) is 0.520. The van der Waals surface area contributed by atoms with E-state index in [1.54, 1.807) is 0 Å². The number of benzene rings is 1. The topological polar surface area (TPSA) is 3.24 Å². The van der Waals surface area contributed by atoms with Crippen molar-refractivity contribution in [2.45, 2.75) is 19.3 Å². The Morgan fingerprint density at radius 3 is 2.31 bits per heavy atom. The van der Waals surface area contributed by atoms with E-state index < -0.39 is 0 Å². The average Bonchev–Trinajstić information content (AvgIpc) is 2.03. The van der Waals surface area contributed by atoms with Crippen molar-refractivity contribution in [1.82, 2.24) is 4.90 Å². The van der Waals surface area contributed by atoms with Gasteiger partial charge in [-0.05, 0) is 39.1 Å². The number of alkyl halides is 1. The molecular weight excluding hydrogens is 182 g/mol. The van der Waals surface area contributed by atoms with Gasteiger partial charge in [-0.1, -0.05) is 23.8 Å². The standard InChI is InChI=1S/C11H16ClN/c1-8-5-6-10(9(2)7-8)11(12)13(3)4/h5-7,11H,1-4H3. The summed E-state index contributed by atoms with van der Waals surface area (Å²) in [7, 11) is 3.97. The van der Waals surface area contributed by atoms with Crippen molar-refractivity contribution in [3.8, 4) is 0 Å². The fourth-order valence-corrected chi connectivity index (χ4v) is 1.62. The normalized spacial score (nSPS) is 13.4. The van der Waals surface area contributed by atoms with E-state index >= 15 is 0 Å². The summed E-state index contributed by atoms with van der Waals surface area (Å²) in [6.07, 6.45) is 0. The number of hydrogen-bond acceptors (Lipinski definition) is 1. The van der Waals surface area contributed by atoms with E-state index in [4.69, 9.17) is 11.6 Å². The number of rotatable bonds is 2. The second-order valence-electron chi connectivity index (χ2n) is 3.66. The van der Waals surface area contributed by atoms with Crippen molar-refractivity contribution in [3.63, 3.8) is 0 Å². The van der Waals surface area contributed by atoms with Gasteiger partial charge >= 0.3 is 0 Å². The van der Waals surface area contributed by atoms with Crippen LogP contribution in [-0.4, -0.2) is 19.0 Å². The van der Waals surface area contributed by atoms with Crippen LogP contribution in [0, 0.1) is 13.8 Å². The van der Waals surface area contributed by atoms with Crippen LogP contribution in [0.1, 0.15) is 22.2 Å². The second-order valence-corrected chi connectivity index (χ2v) is 4.07. The summed E-state index contributed by atoms with van der Waals surface area (Å²) in [5.74, 6) is 0. The Labute approximate surface area is 85.3 Å². The maximum atomic E-state index is 6.22. The molecule has 0 spiro atoms. The lowest BCUT2D eigenvalue weighted by Crippen LogP contribution is -2.15. The van der Waals surface area contributed by atoms with Crippen LogP contribution in [0.4, 0.5) is 0 Å². The smallest absolute Gasteiger partial charge is 0.110 e. The fraction of sp³-hybridized carbons (Fsp3) is 0.455. The molecule has 1 nitrogen and oxygen atoms in total. The predicted molar refractivity (Wildman–Crippen MR) is 58.2 cm³/mol. The fourth-order valence-electron chi connectivity index (χ4n) is 1.37. The first-order valence-corrected chi connectivity index (χ1v) is 4.83. The molecule has 1 atom stereocenters. The van der Waals surface area contributed by atoms with Gasteiger partial charge in [-0.2, -0.15) is 0 Å². The highest BCUT2D eigenvalue weighted by Gasteiger charge is 2.11. The summed E-state index contributed by atoms with van der Waals surface area (Å²) in [4.78, 5) is 2.00. The molecule has 0 saturated carbocycles. The van der Waals surface area contributed by atoms with E-state index in [1.807, 2.05) is 19.0 Å². The maximum absolute atomic E-state index is 6.22. The van der Waals surface area contributed by atoms with Crippen molar-refractivity contribution < 1.29 is 0 Å². The van der Waals surface area contributed by atoms with Gasteiger partial charge in [-0.15, -0.1) is 11.6 Å². The summed E-state index contributed by atoms with van der Waals surface area (Å²) in [6.45, 7) is 4.19. The Morgan fingerprint density at radius 1 is 1.23 bits per heavy atom. The van der Waals surface area contributed by atoms with Crippen LogP contribution < -0.4 is 0 Å². The first-order chi connectivity index (χ1) is 6.02. The molecule has 2 heteroatoms. The van der Waals surface area contributed by atoms with Crippen molar-refractivity contribution in [3.05, 3.63) is 34.9 Å². The minimum absolute atomic E-state index is 0.0272. The Kier molecular flexibility index (Phi) is 3.34. The monoisotopic (exact) mass is 197 g/mol. The van der Waals surface area contributed by atoms with Gasteiger partial charge in [0.1, 0.15) is 5.50 Å². The molecule has 0 bridgehead atoms. The SMILES string of the molecule is Cc1ccc(C(Cl)N(C)C)c(C)c1. The summed E-state index contributed by atoms with van der Waals surface area (Å²) >= 11 is 6.22. The van der Waals surface area contributed by atoms with Gasteiger partial charge in [-0.3, -0.25) is 4.90 Å². The maximum Gasteiger partial charge on any atom is 0.110 e. The van der Waals surface area contributed by atoms with Gasteiger partial charge in [-0.25, -0.2) is 0 Å². The highest BCUT2D eigenvalue weighted by Crippen LogP contribution is 2.25. The molecule has 1 rings (SSSR count). The van der Waals surface area contributed by atoms with E-state index in [9.17, 15) is 0 Å². The van der Waals surface area contributed by atoms with E-state index in [1.165, 1.54) is 16.7 Å². The van der Waals surface area contributed by atoms with Crippen molar-refractivity contribution >= 4 is 11.6 Å². The van der Waals surface area contributed by atoms with E-state index in [0.717, 1.165) is 0 Å². The van der Waals surface area contributed by atoms with Crippen molar-refractivity contribution in [1.29, 1.82) is 0 Å². The molecule has 0 N–H and O–H groups in total. The zero-order valence-electron chi connectivity index (χ0n) is 8.63. The van der Waals surface area contributed by atoms with Gasteiger partial charge in [0.15, 0.2) is 0 Å². The van der Waals surface area contributed by atoms with Crippen molar-refractivity contribution in [2.24, 2.45) is 0 Å². The first-order valence-electron chi connectivity index (χ1n) is 4.40. The van der Waals surface area contributed by atoms with Gasteiger partial charge in [0.2, 0.25) is 0 Å².